The lowest BCUT2D eigenvalue weighted by molar-refractivity contribution is 0.627. The number of fused-ring (bicyclic) bond motifs is 1. The van der Waals surface area contributed by atoms with E-state index in [-0.39, 0.29) is 5.41 Å². The van der Waals surface area contributed by atoms with Gasteiger partial charge in [-0.2, -0.15) is 0 Å². The molecule has 21 heavy (non-hydrogen) atoms. The van der Waals surface area contributed by atoms with Gasteiger partial charge in [0.1, 0.15) is 0 Å². The Morgan fingerprint density at radius 2 is 1.57 bits per heavy atom. The van der Waals surface area contributed by atoms with Crippen molar-refractivity contribution in [2.45, 2.75) is 19.3 Å². The number of benzene rings is 3. The molecule has 3 rings (SSSR count). The maximum absolute atomic E-state index is 6.12. The van der Waals surface area contributed by atoms with E-state index >= 15 is 0 Å². The van der Waals surface area contributed by atoms with Gasteiger partial charge >= 0.3 is 0 Å². The van der Waals surface area contributed by atoms with Crippen LogP contribution in [0.2, 0.25) is 5.02 Å². The summed E-state index contributed by atoms with van der Waals surface area (Å²) in [6, 6.07) is 23.1. The molecule has 0 bridgehead atoms. The molecule has 0 amide bonds. The zero-order chi connectivity index (χ0) is 14.9. The van der Waals surface area contributed by atoms with Crippen LogP contribution in [-0.2, 0) is 5.41 Å². The third kappa shape index (κ3) is 3.11. The van der Waals surface area contributed by atoms with Gasteiger partial charge in [0, 0.05) is 11.4 Å². The van der Waals surface area contributed by atoms with Gasteiger partial charge in [0.05, 0.1) is 0 Å². The largest absolute Gasteiger partial charge is 0.0843 e. The van der Waals surface area contributed by atoms with Gasteiger partial charge < -0.3 is 0 Å². The smallest absolute Gasteiger partial charge is 0.0408 e. The molecule has 0 saturated carbocycles. The molecule has 0 aliphatic rings. The molecule has 0 aliphatic heterocycles. The highest BCUT2D eigenvalue weighted by molar-refractivity contribution is 6.30. The summed E-state index contributed by atoms with van der Waals surface area (Å²) in [5.74, 6) is 0. The lowest BCUT2D eigenvalue weighted by Crippen LogP contribution is -2.18. The maximum Gasteiger partial charge on any atom is 0.0408 e. The number of hydrogen-bond acceptors (Lipinski definition) is 0. The summed E-state index contributed by atoms with van der Waals surface area (Å²) in [4.78, 5) is 0. The van der Waals surface area contributed by atoms with Crippen LogP contribution < -0.4 is 0 Å². The number of rotatable bonds is 3. The van der Waals surface area contributed by atoms with Crippen LogP contribution in [0.1, 0.15) is 25.0 Å². The zero-order valence-electron chi connectivity index (χ0n) is 12.3. The Labute approximate surface area is 131 Å². The van der Waals surface area contributed by atoms with Crippen LogP contribution in [0.4, 0.5) is 0 Å². The molecule has 0 atom stereocenters. The second-order valence-corrected chi connectivity index (χ2v) is 6.42. The Bertz CT molecular complexity index is 771. The lowest BCUT2D eigenvalue weighted by Gasteiger charge is -2.25. The zero-order valence-corrected chi connectivity index (χ0v) is 13.1. The van der Waals surface area contributed by atoms with Crippen LogP contribution in [0.25, 0.3) is 10.8 Å². The average Bonchev–Trinajstić information content (AvgIpc) is 2.47. The monoisotopic (exact) mass is 293 g/mol. The van der Waals surface area contributed by atoms with Crippen LogP contribution in [0.3, 0.4) is 0 Å². The summed E-state index contributed by atoms with van der Waals surface area (Å²) in [6.07, 6.45) is 2.30. The van der Waals surface area contributed by atoms with Gasteiger partial charge in [-0.3, -0.25) is 0 Å². The fourth-order valence-electron chi connectivity index (χ4n) is 2.69. The predicted octanol–water partition coefficient (Wildman–Crippen LogP) is 6.02. The Hall–Kier alpha value is -1.79. The van der Waals surface area contributed by atoms with Crippen LogP contribution >= 0.6 is 11.6 Å². The van der Waals surface area contributed by atoms with E-state index in [9.17, 15) is 0 Å². The van der Waals surface area contributed by atoms with Crippen molar-refractivity contribution in [3.63, 3.8) is 0 Å². The van der Waals surface area contributed by atoms with Crippen LogP contribution in [0, 0.1) is 6.42 Å². The van der Waals surface area contributed by atoms with Gasteiger partial charge in [0.25, 0.3) is 0 Å². The predicted molar refractivity (Wildman–Crippen MR) is 91.8 cm³/mol. The first-order valence-corrected chi connectivity index (χ1v) is 7.53. The summed E-state index contributed by atoms with van der Waals surface area (Å²) in [6.45, 7) is 4.43. The van der Waals surface area contributed by atoms with E-state index < -0.39 is 0 Å². The number of hydrogen-bond donors (Lipinski definition) is 0. The second kappa shape index (κ2) is 5.54. The van der Waals surface area contributed by atoms with Crippen molar-refractivity contribution in [2.75, 3.05) is 0 Å². The van der Waals surface area contributed by atoms with Gasteiger partial charge in [-0.05, 0) is 39.4 Å². The van der Waals surface area contributed by atoms with Crippen molar-refractivity contribution in [1.29, 1.82) is 0 Å². The van der Waals surface area contributed by atoms with Gasteiger partial charge in [0.15, 0.2) is 0 Å². The third-order valence-electron chi connectivity index (χ3n) is 3.87. The molecule has 3 aromatic carbocycles. The molecular formula is C20H18Cl. The first-order chi connectivity index (χ1) is 10.0. The van der Waals surface area contributed by atoms with Gasteiger partial charge in [0.2, 0.25) is 0 Å². The Morgan fingerprint density at radius 3 is 2.33 bits per heavy atom. The summed E-state index contributed by atoms with van der Waals surface area (Å²) < 4.78 is 0. The van der Waals surface area contributed by atoms with Crippen LogP contribution in [-0.4, -0.2) is 0 Å². The van der Waals surface area contributed by atoms with E-state index in [4.69, 9.17) is 11.6 Å². The highest BCUT2D eigenvalue weighted by atomic mass is 35.5. The Morgan fingerprint density at radius 1 is 0.810 bits per heavy atom. The van der Waals surface area contributed by atoms with Gasteiger partial charge in [-0.1, -0.05) is 80.0 Å². The molecule has 0 aromatic heterocycles. The van der Waals surface area contributed by atoms with Gasteiger partial charge in [-0.15, -0.1) is 0 Å². The molecular weight excluding hydrogens is 276 g/mol. The molecule has 0 N–H and O–H groups in total. The topological polar surface area (TPSA) is 0 Å². The summed E-state index contributed by atoms with van der Waals surface area (Å²) in [5, 5.41) is 3.33. The normalized spacial score (nSPS) is 11.8. The second-order valence-electron chi connectivity index (χ2n) is 5.98. The molecule has 0 nitrogen and oxygen atoms in total. The van der Waals surface area contributed by atoms with Crippen LogP contribution in [0.15, 0.2) is 66.7 Å². The standard InChI is InChI=1S/C20H18Cl/c1-20(2,18-8-5-9-19(21)13-18)14-15-10-11-16-6-3-4-7-17(16)12-15/h3-14H,1-2H3. The Balaban J connectivity index is 1.93. The van der Waals surface area contributed by atoms with Crippen molar-refractivity contribution in [3.05, 3.63) is 89.3 Å². The molecule has 0 unspecified atom stereocenters. The molecule has 105 valence electrons. The quantitative estimate of drug-likeness (QED) is 0.553. The molecule has 0 spiro atoms. The molecule has 3 aromatic rings. The molecule has 0 heterocycles. The number of halogens is 1. The summed E-state index contributed by atoms with van der Waals surface area (Å²) in [7, 11) is 0. The fraction of sp³-hybridized carbons (Fsp3) is 0.150. The van der Waals surface area contributed by atoms with E-state index in [1.165, 1.54) is 21.9 Å². The average molecular weight is 294 g/mol. The van der Waals surface area contributed by atoms with Crippen molar-refractivity contribution < 1.29 is 0 Å². The fourth-order valence-corrected chi connectivity index (χ4v) is 2.88. The first kappa shape index (κ1) is 14.2. The van der Waals surface area contributed by atoms with E-state index in [0.29, 0.717) is 0 Å². The van der Waals surface area contributed by atoms with E-state index in [0.717, 1.165) is 5.02 Å². The minimum absolute atomic E-state index is 0.0621. The SMILES string of the molecule is CC(C)([CH]c1ccc2ccccc2c1)c1cccc(Cl)c1. The molecule has 1 heteroatoms. The Kier molecular flexibility index (Phi) is 3.73. The van der Waals surface area contributed by atoms with E-state index in [2.05, 4.69) is 68.8 Å². The van der Waals surface area contributed by atoms with Crippen molar-refractivity contribution in [3.8, 4) is 0 Å². The van der Waals surface area contributed by atoms with E-state index in [1.807, 2.05) is 18.2 Å². The summed E-state index contributed by atoms with van der Waals surface area (Å²) in [5.41, 5.74) is 2.40. The summed E-state index contributed by atoms with van der Waals surface area (Å²) >= 11 is 6.12. The highest BCUT2D eigenvalue weighted by Crippen LogP contribution is 2.31. The lowest BCUT2D eigenvalue weighted by atomic mass is 9.79. The molecule has 0 aliphatic carbocycles. The maximum atomic E-state index is 6.12. The third-order valence-corrected chi connectivity index (χ3v) is 4.10. The molecule has 1 radical (unpaired) electrons. The minimum atomic E-state index is -0.0621. The first-order valence-electron chi connectivity index (χ1n) is 7.15. The van der Waals surface area contributed by atoms with Crippen LogP contribution in [0.5, 0.6) is 0 Å². The minimum Gasteiger partial charge on any atom is -0.0843 e. The van der Waals surface area contributed by atoms with E-state index in [1.54, 1.807) is 0 Å². The van der Waals surface area contributed by atoms with Crippen molar-refractivity contribution >= 4 is 22.4 Å². The highest BCUT2D eigenvalue weighted by Gasteiger charge is 2.21. The van der Waals surface area contributed by atoms with Crippen molar-refractivity contribution in [2.24, 2.45) is 0 Å². The molecule has 0 saturated heterocycles. The van der Waals surface area contributed by atoms with Crippen molar-refractivity contribution in [1.82, 2.24) is 0 Å². The molecule has 0 fully saturated rings. The van der Waals surface area contributed by atoms with Gasteiger partial charge in [-0.25, -0.2) is 0 Å².